The monoisotopic (exact) mass is 257 g/mol. The van der Waals surface area contributed by atoms with Crippen molar-refractivity contribution >= 4 is 11.8 Å². The molecule has 18 heavy (non-hydrogen) atoms. The lowest BCUT2D eigenvalue weighted by Crippen LogP contribution is -2.43. The van der Waals surface area contributed by atoms with Gasteiger partial charge in [-0.3, -0.25) is 9.59 Å². The average molecular weight is 257 g/mol. The second-order valence-electron chi connectivity index (χ2n) is 4.84. The largest absolute Gasteiger partial charge is 0.354 e. The highest BCUT2D eigenvalue weighted by Crippen LogP contribution is 2.02. The molecule has 0 saturated carbocycles. The summed E-state index contributed by atoms with van der Waals surface area (Å²) in [7, 11) is 0. The van der Waals surface area contributed by atoms with Gasteiger partial charge in [-0.2, -0.15) is 0 Å². The lowest BCUT2D eigenvalue weighted by Gasteiger charge is -2.19. The molecule has 0 saturated heterocycles. The first kappa shape index (κ1) is 16.9. The number of hydrogen-bond acceptors (Lipinski definition) is 3. The van der Waals surface area contributed by atoms with E-state index in [2.05, 4.69) is 5.32 Å². The molecule has 2 amide bonds. The van der Waals surface area contributed by atoms with E-state index in [1.807, 2.05) is 27.7 Å². The van der Waals surface area contributed by atoms with Crippen LogP contribution in [0.25, 0.3) is 0 Å². The maximum absolute atomic E-state index is 11.7. The maximum atomic E-state index is 11.7. The van der Waals surface area contributed by atoms with Gasteiger partial charge in [0, 0.05) is 26.1 Å². The molecule has 0 bridgehead atoms. The van der Waals surface area contributed by atoms with Crippen LogP contribution in [0.5, 0.6) is 0 Å². The molecule has 0 aliphatic carbocycles. The van der Waals surface area contributed by atoms with E-state index in [-0.39, 0.29) is 11.8 Å². The Morgan fingerprint density at radius 3 is 2.22 bits per heavy atom. The molecule has 0 aromatic carbocycles. The number of carbonyl (C=O) groups excluding carboxylic acids is 2. The number of nitrogens with zero attached hydrogens (tertiary/aromatic N) is 1. The van der Waals surface area contributed by atoms with Gasteiger partial charge in [0.2, 0.25) is 11.8 Å². The second-order valence-corrected chi connectivity index (χ2v) is 4.84. The summed E-state index contributed by atoms with van der Waals surface area (Å²) in [6.07, 6.45) is 0.998. The normalized spacial score (nSPS) is 12.3. The van der Waals surface area contributed by atoms with E-state index < -0.39 is 6.04 Å². The van der Waals surface area contributed by atoms with Gasteiger partial charge in [-0.15, -0.1) is 0 Å². The first-order valence-corrected chi connectivity index (χ1v) is 6.73. The van der Waals surface area contributed by atoms with E-state index in [0.717, 1.165) is 0 Å². The summed E-state index contributed by atoms with van der Waals surface area (Å²) < 4.78 is 0. The molecule has 0 rings (SSSR count). The van der Waals surface area contributed by atoms with E-state index in [1.165, 1.54) is 0 Å². The summed E-state index contributed by atoms with van der Waals surface area (Å²) in [6, 6.07) is -0.478. The minimum atomic E-state index is -0.478. The predicted octanol–water partition coefficient (Wildman–Crippen LogP) is 0.735. The number of nitrogens with two attached hydrogens (primary N) is 1. The van der Waals surface area contributed by atoms with Gasteiger partial charge in [0.05, 0.1) is 6.04 Å². The highest BCUT2D eigenvalue weighted by atomic mass is 16.2. The van der Waals surface area contributed by atoms with Gasteiger partial charge in [0.1, 0.15) is 0 Å². The first-order valence-electron chi connectivity index (χ1n) is 6.73. The van der Waals surface area contributed by atoms with Crippen LogP contribution in [0.2, 0.25) is 0 Å². The van der Waals surface area contributed by atoms with Crippen molar-refractivity contribution in [1.29, 1.82) is 0 Å². The fourth-order valence-electron chi connectivity index (χ4n) is 1.77. The van der Waals surface area contributed by atoms with Crippen molar-refractivity contribution in [1.82, 2.24) is 10.2 Å². The zero-order chi connectivity index (χ0) is 14.1. The molecule has 5 heteroatoms. The van der Waals surface area contributed by atoms with Gasteiger partial charge in [-0.25, -0.2) is 0 Å². The minimum absolute atomic E-state index is 0.0673. The SMILES string of the molecule is CCN(CC)C(=O)CCNC(=O)C(N)CC(C)C. The summed E-state index contributed by atoms with van der Waals surface area (Å²) in [6.45, 7) is 9.71. The summed E-state index contributed by atoms with van der Waals surface area (Å²) >= 11 is 0. The summed E-state index contributed by atoms with van der Waals surface area (Å²) in [5, 5.41) is 2.71. The van der Waals surface area contributed by atoms with Crippen molar-refractivity contribution in [3.05, 3.63) is 0 Å². The van der Waals surface area contributed by atoms with Crippen molar-refractivity contribution < 1.29 is 9.59 Å². The van der Waals surface area contributed by atoms with Crippen LogP contribution in [0, 0.1) is 5.92 Å². The lowest BCUT2D eigenvalue weighted by molar-refractivity contribution is -0.130. The molecular weight excluding hydrogens is 230 g/mol. The predicted molar refractivity (Wildman–Crippen MR) is 73.0 cm³/mol. The molecule has 106 valence electrons. The molecule has 0 aromatic heterocycles. The molecule has 0 aromatic rings. The molecule has 0 aliphatic heterocycles. The molecule has 0 heterocycles. The minimum Gasteiger partial charge on any atom is -0.354 e. The van der Waals surface area contributed by atoms with Gasteiger partial charge < -0.3 is 16.0 Å². The van der Waals surface area contributed by atoms with E-state index in [1.54, 1.807) is 4.90 Å². The van der Waals surface area contributed by atoms with Crippen molar-refractivity contribution in [3.8, 4) is 0 Å². The van der Waals surface area contributed by atoms with Crippen LogP contribution in [0.3, 0.4) is 0 Å². The summed E-state index contributed by atoms with van der Waals surface area (Å²) in [5.74, 6) is 0.289. The zero-order valence-corrected chi connectivity index (χ0v) is 12.0. The Morgan fingerprint density at radius 1 is 1.22 bits per heavy atom. The summed E-state index contributed by atoms with van der Waals surface area (Å²) in [4.78, 5) is 25.0. The molecular formula is C13H27N3O2. The molecule has 5 nitrogen and oxygen atoms in total. The molecule has 0 fully saturated rings. The fraction of sp³-hybridized carbons (Fsp3) is 0.846. The van der Waals surface area contributed by atoms with Crippen LogP contribution in [0.15, 0.2) is 0 Å². The highest BCUT2D eigenvalue weighted by molar-refractivity contribution is 5.82. The Labute approximate surface area is 110 Å². The Kier molecular flexibility index (Phi) is 8.37. The Balaban J connectivity index is 3.90. The third kappa shape index (κ3) is 6.59. The van der Waals surface area contributed by atoms with E-state index in [9.17, 15) is 9.59 Å². The van der Waals surface area contributed by atoms with E-state index >= 15 is 0 Å². The van der Waals surface area contributed by atoms with Crippen molar-refractivity contribution in [2.75, 3.05) is 19.6 Å². The van der Waals surface area contributed by atoms with E-state index in [4.69, 9.17) is 5.73 Å². The van der Waals surface area contributed by atoms with Crippen molar-refractivity contribution in [2.45, 2.75) is 46.6 Å². The highest BCUT2D eigenvalue weighted by Gasteiger charge is 2.15. The third-order valence-corrected chi connectivity index (χ3v) is 2.82. The van der Waals surface area contributed by atoms with Crippen LogP contribution in [0.4, 0.5) is 0 Å². The molecule has 3 N–H and O–H groups in total. The molecule has 0 spiro atoms. The zero-order valence-electron chi connectivity index (χ0n) is 12.0. The third-order valence-electron chi connectivity index (χ3n) is 2.82. The fourth-order valence-corrected chi connectivity index (χ4v) is 1.77. The van der Waals surface area contributed by atoms with Crippen LogP contribution in [-0.2, 0) is 9.59 Å². The second kappa shape index (κ2) is 8.91. The Hall–Kier alpha value is -1.10. The topological polar surface area (TPSA) is 75.4 Å². The van der Waals surface area contributed by atoms with Crippen LogP contribution < -0.4 is 11.1 Å². The molecule has 0 radical (unpaired) electrons. The van der Waals surface area contributed by atoms with E-state index in [0.29, 0.717) is 38.4 Å². The quantitative estimate of drug-likeness (QED) is 0.673. The van der Waals surface area contributed by atoms with Crippen LogP contribution >= 0.6 is 0 Å². The first-order chi connectivity index (χ1) is 8.42. The lowest BCUT2D eigenvalue weighted by atomic mass is 10.0. The smallest absolute Gasteiger partial charge is 0.236 e. The average Bonchev–Trinajstić information content (AvgIpc) is 2.29. The Morgan fingerprint density at radius 2 is 1.78 bits per heavy atom. The molecule has 1 atom stereocenters. The number of hydrogen-bond donors (Lipinski definition) is 2. The van der Waals surface area contributed by atoms with Crippen molar-refractivity contribution in [3.63, 3.8) is 0 Å². The number of nitrogens with one attached hydrogen (secondary N) is 1. The van der Waals surface area contributed by atoms with Crippen LogP contribution in [0.1, 0.15) is 40.5 Å². The number of amides is 2. The van der Waals surface area contributed by atoms with Gasteiger partial charge in [-0.05, 0) is 26.2 Å². The van der Waals surface area contributed by atoms with Gasteiger partial charge in [0.15, 0.2) is 0 Å². The maximum Gasteiger partial charge on any atom is 0.236 e. The summed E-state index contributed by atoms with van der Waals surface area (Å²) in [5.41, 5.74) is 5.74. The van der Waals surface area contributed by atoms with Gasteiger partial charge in [0.25, 0.3) is 0 Å². The van der Waals surface area contributed by atoms with Crippen LogP contribution in [-0.4, -0.2) is 42.4 Å². The van der Waals surface area contributed by atoms with Gasteiger partial charge in [-0.1, -0.05) is 13.8 Å². The molecule has 1 unspecified atom stereocenters. The molecule has 0 aliphatic rings. The number of carbonyl (C=O) groups is 2. The number of rotatable bonds is 8. The Bertz CT molecular complexity index is 263. The standard InChI is InChI=1S/C13H27N3O2/c1-5-16(6-2)12(17)7-8-15-13(18)11(14)9-10(3)4/h10-11H,5-9,14H2,1-4H3,(H,15,18). The van der Waals surface area contributed by atoms with Crippen molar-refractivity contribution in [2.24, 2.45) is 11.7 Å². The van der Waals surface area contributed by atoms with Gasteiger partial charge >= 0.3 is 0 Å².